The van der Waals surface area contributed by atoms with Crippen molar-refractivity contribution < 1.29 is 9.84 Å². The average molecular weight is 265 g/mol. The van der Waals surface area contributed by atoms with Crippen molar-refractivity contribution in [3.8, 4) is 5.75 Å². The van der Waals surface area contributed by atoms with Gasteiger partial charge in [-0.15, -0.1) is 0 Å². The molecule has 0 aromatic heterocycles. The summed E-state index contributed by atoms with van der Waals surface area (Å²) in [6.45, 7) is 6.16. The maximum Gasteiger partial charge on any atom is 0.119 e. The Hall–Kier alpha value is -1.06. The number of aliphatic hydroxyl groups is 1. The summed E-state index contributed by atoms with van der Waals surface area (Å²) in [7, 11) is 0. The molecule has 108 valence electrons. The zero-order valence-corrected chi connectivity index (χ0v) is 12.2. The van der Waals surface area contributed by atoms with E-state index in [4.69, 9.17) is 4.74 Å². The smallest absolute Gasteiger partial charge is 0.119 e. The largest absolute Gasteiger partial charge is 0.494 e. The third-order valence-electron chi connectivity index (χ3n) is 2.93. The summed E-state index contributed by atoms with van der Waals surface area (Å²) in [5.74, 6) is 0.938. The van der Waals surface area contributed by atoms with Gasteiger partial charge in [0.15, 0.2) is 0 Å². The van der Waals surface area contributed by atoms with Crippen LogP contribution in [-0.4, -0.2) is 24.4 Å². The minimum Gasteiger partial charge on any atom is -0.494 e. The Morgan fingerprint density at radius 1 is 1.26 bits per heavy atom. The SMILES string of the molecule is CCCCCCOc1cccc(CNCC(C)O)c1. The number of unbranched alkanes of at least 4 members (excludes halogenated alkanes) is 3. The first-order valence-electron chi connectivity index (χ1n) is 7.33. The van der Waals surface area contributed by atoms with Crippen LogP contribution in [0.25, 0.3) is 0 Å². The first-order chi connectivity index (χ1) is 9.22. The van der Waals surface area contributed by atoms with Crippen molar-refractivity contribution in [3.05, 3.63) is 29.8 Å². The molecule has 1 atom stereocenters. The Morgan fingerprint density at radius 3 is 2.84 bits per heavy atom. The third-order valence-corrected chi connectivity index (χ3v) is 2.93. The van der Waals surface area contributed by atoms with E-state index in [0.29, 0.717) is 6.54 Å². The average Bonchev–Trinajstić information content (AvgIpc) is 2.39. The molecule has 0 aliphatic heterocycles. The van der Waals surface area contributed by atoms with Gasteiger partial charge in [0.05, 0.1) is 12.7 Å². The van der Waals surface area contributed by atoms with Crippen LogP contribution in [-0.2, 0) is 6.54 Å². The number of hydrogen-bond donors (Lipinski definition) is 2. The minimum absolute atomic E-state index is 0.307. The van der Waals surface area contributed by atoms with Crippen LogP contribution in [0, 0.1) is 0 Å². The summed E-state index contributed by atoms with van der Waals surface area (Å²) in [6, 6.07) is 8.15. The van der Waals surface area contributed by atoms with Crippen molar-refractivity contribution in [1.82, 2.24) is 5.32 Å². The Balaban J connectivity index is 2.27. The molecule has 3 heteroatoms. The molecule has 0 amide bonds. The second-order valence-electron chi connectivity index (χ2n) is 5.04. The van der Waals surface area contributed by atoms with Crippen molar-refractivity contribution in [2.24, 2.45) is 0 Å². The van der Waals surface area contributed by atoms with Gasteiger partial charge in [-0.1, -0.05) is 38.3 Å². The Labute approximate surface area is 117 Å². The van der Waals surface area contributed by atoms with Gasteiger partial charge in [-0.3, -0.25) is 0 Å². The number of hydrogen-bond acceptors (Lipinski definition) is 3. The fraction of sp³-hybridized carbons (Fsp3) is 0.625. The molecule has 0 radical (unpaired) electrons. The van der Waals surface area contributed by atoms with E-state index in [9.17, 15) is 5.11 Å². The van der Waals surface area contributed by atoms with Crippen LogP contribution >= 0.6 is 0 Å². The molecule has 0 fully saturated rings. The third kappa shape index (κ3) is 7.85. The minimum atomic E-state index is -0.307. The van der Waals surface area contributed by atoms with E-state index in [0.717, 1.165) is 25.3 Å². The predicted octanol–water partition coefficient (Wildman–Crippen LogP) is 3.12. The van der Waals surface area contributed by atoms with E-state index in [-0.39, 0.29) is 6.10 Å². The van der Waals surface area contributed by atoms with Crippen LogP contribution in [0.2, 0.25) is 0 Å². The molecule has 2 N–H and O–H groups in total. The molecule has 0 aliphatic rings. The zero-order valence-electron chi connectivity index (χ0n) is 12.2. The summed E-state index contributed by atoms with van der Waals surface area (Å²) in [5, 5.41) is 12.4. The lowest BCUT2D eigenvalue weighted by atomic mass is 10.2. The van der Waals surface area contributed by atoms with Gasteiger partial charge in [0.2, 0.25) is 0 Å². The van der Waals surface area contributed by atoms with Gasteiger partial charge >= 0.3 is 0 Å². The van der Waals surface area contributed by atoms with E-state index >= 15 is 0 Å². The van der Waals surface area contributed by atoms with Crippen LogP contribution in [0.5, 0.6) is 5.75 Å². The molecule has 1 aromatic rings. The molecule has 19 heavy (non-hydrogen) atoms. The summed E-state index contributed by atoms with van der Waals surface area (Å²) in [6.07, 6.45) is 4.60. The van der Waals surface area contributed by atoms with E-state index in [1.54, 1.807) is 6.92 Å². The van der Waals surface area contributed by atoms with Crippen molar-refractivity contribution >= 4 is 0 Å². The molecular formula is C16H27NO2. The highest BCUT2D eigenvalue weighted by atomic mass is 16.5. The molecule has 1 rings (SSSR count). The van der Waals surface area contributed by atoms with Crippen LogP contribution in [0.3, 0.4) is 0 Å². The molecule has 3 nitrogen and oxygen atoms in total. The van der Waals surface area contributed by atoms with Crippen LogP contribution < -0.4 is 10.1 Å². The van der Waals surface area contributed by atoms with Crippen molar-refractivity contribution in [1.29, 1.82) is 0 Å². The second-order valence-corrected chi connectivity index (χ2v) is 5.04. The normalized spacial score (nSPS) is 12.4. The van der Waals surface area contributed by atoms with Gasteiger partial charge < -0.3 is 15.2 Å². The van der Waals surface area contributed by atoms with Crippen molar-refractivity contribution in [3.63, 3.8) is 0 Å². The molecule has 0 heterocycles. The molecule has 0 spiro atoms. The monoisotopic (exact) mass is 265 g/mol. The predicted molar refractivity (Wildman–Crippen MR) is 79.5 cm³/mol. The molecule has 0 saturated carbocycles. The Kier molecular flexibility index (Phi) is 8.26. The highest BCUT2D eigenvalue weighted by Gasteiger charge is 1.99. The van der Waals surface area contributed by atoms with Gasteiger partial charge in [0.25, 0.3) is 0 Å². The first kappa shape index (κ1) is 16.0. The number of rotatable bonds is 10. The summed E-state index contributed by atoms with van der Waals surface area (Å²) in [5.41, 5.74) is 1.19. The number of nitrogens with one attached hydrogen (secondary N) is 1. The first-order valence-corrected chi connectivity index (χ1v) is 7.33. The summed E-state index contributed by atoms with van der Waals surface area (Å²) < 4.78 is 5.74. The quantitative estimate of drug-likeness (QED) is 0.639. The Morgan fingerprint density at radius 2 is 2.11 bits per heavy atom. The van der Waals surface area contributed by atoms with E-state index < -0.39 is 0 Å². The number of ether oxygens (including phenoxy) is 1. The van der Waals surface area contributed by atoms with Gasteiger partial charge in [0.1, 0.15) is 5.75 Å². The van der Waals surface area contributed by atoms with Crippen LogP contribution in [0.4, 0.5) is 0 Å². The van der Waals surface area contributed by atoms with Crippen molar-refractivity contribution in [2.45, 2.75) is 52.2 Å². The lowest BCUT2D eigenvalue weighted by molar-refractivity contribution is 0.191. The van der Waals surface area contributed by atoms with Gasteiger partial charge in [-0.05, 0) is 31.0 Å². The molecule has 0 saturated heterocycles. The molecule has 0 aliphatic carbocycles. The molecule has 1 aromatic carbocycles. The number of benzene rings is 1. The van der Waals surface area contributed by atoms with Gasteiger partial charge in [0, 0.05) is 13.1 Å². The molecule has 1 unspecified atom stereocenters. The highest BCUT2D eigenvalue weighted by molar-refractivity contribution is 5.28. The fourth-order valence-electron chi connectivity index (χ4n) is 1.89. The highest BCUT2D eigenvalue weighted by Crippen LogP contribution is 2.14. The Bertz CT molecular complexity index is 339. The second kappa shape index (κ2) is 9.82. The van der Waals surface area contributed by atoms with Gasteiger partial charge in [-0.2, -0.15) is 0 Å². The summed E-state index contributed by atoms with van der Waals surface area (Å²) >= 11 is 0. The molecular weight excluding hydrogens is 238 g/mol. The zero-order chi connectivity index (χ0) is 13.9. The fourth-order valence-corrected chi connectivity index (χ4v) is 1.89. The maximum absolute atomic E-state index is 9.18. The molecule has 0 bridgehead atoms. The van der Waals surface area contributed by atoms with Crippen LogP contribution in [0.1, 0.15) is 45.1 Å². The summed E-state index contributed by atoms with van der Waals surface area (Å²) in [4.78, 5) is 0. The van der Waals surface area contributed by atoms with E-state index in [2.05, 4.69) is 24.4 Å². The van der Waals surface area contributed by atoms with E-state index in [1.807, 2.05) is 12.1 Å². The lowest BCUT2D eigenvalue weighted by Gasteiger charge is -2.09. The standard InChI is InChI=1S/C16H27NO2/c1-3-4-5-6-10-19-16-9-7-8-15(11-16)13-17-12-14(2)18/h7-9,11,14,17-18H,3-6,10,12-13H2,1-2H3. The van der Waals surface area contributed by atoms with Crippen molar-refractivity contribution in [2.75, 3.05) is 13.2 Å². The van der Waals surface area contributed by atoms with Crippen LogP contribution in [0.15, 0.2) is 24.3 Å². The van der Waals surface area contributed by atoms with Gasteiger partial charge in [-0.25, -0.2) is 0 Å². The topological polar surface area (TPSA) is 41.5 Å². The number of aliphatic hydroxyl groups excluding tert-OH is 1. The lowest BCUT2D eigenvalue weighted by Crippen LogP contribution is -2.23. The maximum atomic E-state index is 9.18. The van der Waals surface area contributed by atoms with E-state index in [1.165, 1.54) is 24.8 Å².